The molecule has 68 valence electrons. The zero-order valence-electron chi connectivity index (χ0n) is 7.11. The van der Waals surface area contributed by atoms with E-state index in [0.29, 0.717) is 5.04 Å². The summed E-state index contributed by atoms with van der Waals surface area (Å²) in [7, 11) is 1.64. The molecule has 12 heavy (non-hydrogen) atoms. The fraction of sp³-hybridized carbons (Fsp3) is 0.429. The average molecular weight is 188 g/mol. The summed E-state index contributed by atoms with van der Waals surface area (Å²) in [5.74, 6) is 0. The molecule has 0 rings (SSSR count). The molecule has 0 aliphatic carbocycles. The van der Waals surface area contributed by atoms with Gasteiger partial charge in [0.1, 0.15) is 11.7 Å². The largest absolute Gasteiger partial charge is 0.443 e. The van der Waals surface area contributed by atoms with Crippen LogP contribution in [-0.4, -0.2) is 24.8 Å². The molecule has 0 aliphatic heterocycles. The Morgan fingerprint density at radius 1 is 1.75 bits per heavy atom. The first-order chi connectivity index (χ1) is 5.70. The van der Waals surface area contributed by atoms with Gasteiger partial charge in [0.2, 0.25) is 0 Å². The van der Waals surface area contributed by atoms with E-state index in [4.69, 9.17) is 5.73 Å². The Bertz CT molecular complexity index is 202. The molecular weight excluding hydrogens is 176 g/mol. The van der Waals surface area contributed by atoms with Crippen LogP contribution in [0.2, 0.25) is 0 Å². The molecule has 0 aromatic carbocycles. The summed E-state index contributed by atoms with van der Waals surface area (Å²) in [6.45, 7) is 2.04. The van der Waals surface area contributed by atoms with Gasteiger partial charge in [-0.3, -0.25) is 4.99 Å². The molecular formula is C7H12N2O2S. The van der Waals surface area contributed by atoms with Crippen molar-refractivity contribution < 1.29 is 9.53 Å². The Morgan fingerprint density at radius 2 is 2.42 bits per heavy atom. The maximum absolute atomic E-state index is 10.2. The second kappa shape index (κ2) is 6.72. The van der Waals surface area contributed by atoms with Crippen molar-refractivity contribution in [2.24, 2.45) is 10.7 Å². The van der Waals surface area contributed by atoms with E-state index in [-0.39, 0.29) is 6.61 Å². The Balaban J connectivity index is 3.77. The Hall–Kier alpha value is -0.970. The molecule has 2 N–H and O–H groups in total. The number of amides is 1. The van der Waals surface area contributed by atoms with Gasteiger partial charge in [0.05, 0.1) is 0 Å². The fourth-order valence-corrected chi connectivity index (χ4v) is 0.956. The average Bonchev–Trinajstić information content (AvgIpc) is 2.05. The van der Waals surface area contributed by atoms with E-state index in [0.717, 1.165) is 0 Å². The van der Waals surface area contributed by atoms with Gasteiger partial charge in [-0.25, -0.2) is 4.79 Å². The predicted molar refractivity (Wildman–Crippen MR) is 51.3 cm³/mol. The predicted octanol–water partition coefficient (Wildman–Crippen LogP) is 1.38. The van der Waals surface area contributed by atoms with Gasteiger partial charge < -0.3 is 10.5 Å². The minimum Gasteiger partial charge on any atom is -0.443 e. The molecule has 0 heterocycles. The van der Waals surface area contributed by atoms with Crippen LogP contribution in [0, 0.1) is 0 Å². The number of aliphatic imine (C=N–C) groups is 1. The van der Waals surface area contributed by atoms with Crippen molar-refractivity contribution in [3.63, 3.8) is 0 Å². The van der Waals surface area contributed by atoms with Crippen LogP contribution in [-0.2, 0) is 4.74 Å². The van der Waals surface area contributed by atoms with Gasteiger partial charge in [0.15, 0.2) is 0 Å². The topological polar surface area (TPSA) is 64.7 Å². The third kappa shape index (κ3) is 5.79. The lowest BCUT2D eigenvalue weighted by molar-refractivity contribution is 0.173. The lowest BCUT2D eigenvalue weighted by Crippen LogP contribution is -2.17. The lowest BCUT2D eigenvalue weighted by atomic mass is 10.8. The second-order valence-corrected chi connectivity index (χ2v) is 2.79. The van der Waals surface area contributed by atoms with Crippen LogP contribution < -0.4 is 5.73 Å². The standard InChI is InChI=1S/C7H12N2O2S/c1-3-4-12-6(9-2)5-11-7(8)10/h3-4H,5H2,1-2H3,(H2,8,10)/b4-3+,9-6?. The van der Waals surface area contributed by atoms with Crippen LogP contribution in [0.4, 0.5) is 4.79 Å². The highest BCUT2D eigenvalue weighted by Crippen LogP contribution is 2.05. The zero-order chi connectivity index (χ0) is 9.40. The van der Waals surface area contributed by atoms with E-state index in [1.165, 1.54) is 11.8 Å². The third-order valence-corrected chi connectivity index (χ3v) is 1.91. The van der Waals surface area contributed by atoms with Gasteiger partial charge in [-0.15, -0.1) is 0 Å². The van der Waals surface area contributed by atoms with Gasteiger partial charge in [-0.05, 0) is 12.3 Å². The summed E-state index contributed by atoms with van der Waals surface area (Å²) < 4.78 is 4.55. The Kier molecular flexibility index (Phi) is 6.18. The number of hydrogen-bond donors (Lipinski definition) is 1. The Morgan fingerprint density at radius 3 is 2.83 bits per heavy atom. The monoisotopic (exact) mass is 188 g/mol. The quantitative estimate of drug-likeness (QED) is 0.537. The van der Waals surface area contributed by atoms with E-state index < -0.39 is 6.09 Å². The first kappa shape index (κ1) is 11.0. The zero-order valence-corrected chi connectivity index (χ0v) is 7.93. The molecule has 4 nitrogen and oxygen atoms in total. The smallest absolute Gasteiger partial charge is 0.404 e. The number of hydrogen-bond acceptors (Lipinski definition) is 4. The summed E-state index contributed by atoms with van der Waals surface area (Å²) in [4.78, 5) is 14.1. The number of nitrogens with zero attached hydrogens (tertiary/aromatic N) is 1. The molecule has 5 heteroatoms. The molecule has 0 atom stereocenters. The lowest BCUT2D eigenvalue weighted by Gasteiger charge is -2.01. The highest BCUT2D eigenvalue weighted by atomic mass is 32.2. The summed E-state index contributed by atoms with van der Waals surface area (Å²) in [6.07, 6.45) is 1.09. The number of rotatable bonds is 3. The maximum Gasteiger partial charge on any atom is 0.404 e. The number of carbonyl (C=O) groups excluding carboxylic acids is 1. The van der Waals surface area contributed by atoms with E-state index in [1.807, 2.05) is 18.4 Å². The number of allylic oxidation sites excluding steroid dienone is 1. The van der Waals surface area contributed by atoms with Gasteiger partial charge in [-0.2, -0.15) is 0 Å². The van der Waals surface area contributed by atoms with Crippen molar-refractivity contribution in [2.75, 3.05) is 13.7 Å². The molecule has 0 spiro atoms. The molecule has 0 aliphatic rings. The maximum atomic E-state index is 10.2. The first-order valence-electron chi connectivity index (χ1n) is 3.36. The summed E-state index contributed by atoms with van der Waals surface area (Å²) in [5, 5.41) is 2.57. The normalized spacial score (nSPS) is 12.0. The number of carbonyl (C=O) groups is 1. The molecule has 0 aromatic heterocycles. The van der Waals surface area contributed by atoms with Crippen LogP contribution in [0.5, 0.6) is 0 Å². The van der Waals surface area contributed by atoms with Gasteiger partial charge in [0, 0.05) is 7.05 Å². The number of thioether (sulfide) groups is 1. The van der Waals surface area contributed by atoms with Crippen LogP contribution in [0.25, 0.3) is 0 Å². The van der Waals surface area contributed by atoms with E-state index >= 15 is 0 Å². The third-order valence-electron chi connectivity index (χ3n) is 0.927. The molecule has 0 saturated carbocycles. The molecule has 0 fully saturated rings. The van der Waals surface area contributed by atoms with Crippen LogP contribution in [0.3, 0.4) is 0 Å². The highest BCUT2D eigenvalue weighted by molar-refractivity contribution is 8.16. The first-order valence-corrected chi connectivity index (χ1v) is 4.24. The van der Waals surface area contributed by atoms with Crippen LogP contribution in [0.1, 0.15) is 6.92 Å². The van der Waals surface area contributed by atoms with E-state index in [1.54, 1.807) is 7.05 Å². The summed E-state index contributed by atoms with van der Waals surface area (Å²) >= 11 is 1.40. The van der Waals surface area contributed by atoms with Gasteiger partial charge in [-0.1, -0.05) is 17.8 Å². The number of nitrogens with two attached hydrogens (primary N) is 1. The van der Waals surface area contributed by atoms with Crippen molar-refractivity contribution in [3.05, 3.63) is 11.5 Å². The minimum absolute atomic E-state index is 0.140. The van der Waals surface area contributed by atoms with Crippen molar-refractivity contribution in [1.82, 2.24) is 0 Å². The van der Waals surface area contributed by atoms with E-state index in [9.17, 15) is 4.79 Å². The molecule has 0 bridgehead atoms. The SMILES string of the molecule is C/C=C/SC(COC(N)=O)=NC. The molecule has 0 radical (unpaired) electrons. The summed E-state index contributed by atoms with van der Waals surface area (Å²) in [6, 6.07) is 0. The van der Waals surface area contributed by atoms with Crippen molar-refractivity contribution >= 4 is 22.9 Å². The van der Waals surface area contributed by atoms with Crippen molar-refractivity contribution in [3.8, 4) is 0 Å². The summed E-state index contributed by atoms with van der Waals surface area (Å²) in [5.41, 5.74) is 4.78. The number of ether oxygens (including phenoxy) is 1. The van der Waals surface area contributed by atoms with Crippen LogP contribution >= 0.6 is 11.8 Å². The van der Waals surface area contributed by atoms with Crippen LogP contribution in [0.15, 0.2) is 16.5 Å². The highest BCUT2D eigenvalue weighted by Gasteiger charge is 1.99. The van der Waals surface area contributed by atoms with Gasteiger partial charge in [0.25, 0.3) is 0 Å². The van der Waals surface area contributed by atoms with Crippen molar-refractivity contribution in [1.29, 1.82) is 0 Å². The molecule has 0 saturated heterocycles. The minimum atomic E-state index is -0.780. The molecule has 0 aromatic rings. The Labute approximate surface area is 75.9 Å². The second-order valence-electron chi connectivity index (χ2n) is 1.81. The van der Waals surface area contributed by atoms with Gasteiger partial charge >= 0.3 is 6.09 Å². The number of primary amides is 1. The molecule has 1 amide bonds. The molecule has 0 unspecified atom stereocenters. The van der Waals surface area contributed by atoms with Crippen molar-refractivity contribution in [2.45, 2.75) is 6.92 Å². The fourth-order valence-electron chi connectivity index (χ4n) is 0.431. The van der Waals surface area contributed by atoms with E-state index in [2.05, 4.69) is 9.73 Å².